The lowest BCUT2D eigenvalue weighted by atomic mass is 9.57. The molecule has 4 N–H and O–H groups in total. The summed E-state index contributed by atoms with van der Waals surface area (Å²) >= 11 is 0. The van der Waals surface area contributed by atoms with Gasteiger partial charge in [-0.1, -0.05) is 12.1 Å². The third-order valence-electron chi connectivity index (χ3n) is 14.4. The number of ketones is 5. The van der Waals surface area contributed by atoms with Crippen molar-refractivity contribution in [3.63, 3.8) is 0 Å². The minimum absolute atomic E-state index is 0.0512. The van der Waals surface area contributed by atoms with Gasteiger partial charge in [-0.3, -0.25) is 24.0 Å². The van der Waals surface area contributed by atoms with Crippen LogP contribution in [-0.2, 0) is 57.0 Å². The molecule has 0 bridgehead atoms. The minimum atomic E-state index is -2.83. The van der Waals surface area contributed by atoms with Gasteiger partial charge in [0.15, 0.2) is 59.7 Å². The lowest BCUT2D eigenvalue weighted by Gasteiger charge is -2.53. The fourth-order valence-electron chi connectivity index (χ4n) is 10.7. The van der Waals surface area contributed by atoms with E-state index in [-0.39, 0.29) is 52.8 Å². The van der Waals surface area contributed by atoms with Gasteiger partial charge in [0.1, 0.15) is 29.7 Å². The van der Waals surface area contributed by atoms with Crippen LogP contribution in [0.4, 0.5) is 0 Å². The van der Waals surface area contributed by atoms with E-state index < -0.39 is 132 Å². The lowest BCUT2D eigenvalue weighted by molar-refractivity contribution is -0.292. The zero-order valence-electron chi connectivity index (χ0n) is 38.2. The average Bonchev–Trinajstić information content (AvgIpc) is 3.26. The Morgan fingerprint density at radius 3 is 1.88 bits per heavy atom. The molecule has 67 heavy (non-hydrogen) atoms. The van der Waals surface area contributed by atoms with E-state index >= 15 is 0 Å². The second-order valence-corrected chi connectivity index (χ2v) is 19.3. The Kier molecular flexibility index (Phi) is 12.9. The molecule has 8 aliphatic rings. The molecule has 9 rings (SSSR count). The smallest absolute Gasteiger partial charge is 0.198 e. The van der Waals surface area contributed by atoms with Crippen LogP contribution in [0.5, 0.6) is 5.75 Å². The molecular formula is C49H58O18. The van der Waals surface area contributed by atoms with Crippen LogP contribution in [0.25, 0.3) is 0 Å². The molecule has 0 amide bonds. The first-order valence-corrected chi connectivity index (χ1v) is 23.1. The van der Waals surface area contributed by atoms with Crippen LogP contribution < -0.4 is 0 Å². The molecule has 4 fully saturated rings. The van der Waals surface area contributed by atoms with E-state index in [1.54, 1.807) is 46.8 Å². The third-order valence-corrected chi connectivity index (χ3v) is 14.4. The highest BCUT2D eigenvalue weighted by molar-refractivity contribution is 6.32. The molecule has 17 atom stereocenters. The van der Waals surface area contributed by atoms with Gasteiger partial charge in [-0.25, -0.2) is 0 Å². The number of carbonyl (C=O) groups excluding carboxylic acids is 5. The Bertz CT molecular complexity index is 2320. The molecule has 1 saturated carbocycles. The van der Waals surface area contributed by atoms with Crippen molar-refractivity contribution in [2.75, 3.05) is 0 Å². The Hall–Kier alpha value is -4.15. The van der Waals surface area contributed by atoms with Gasteiger partial charge in [0.05, 0.1) is 59.5 Å². The maximum absolute atomic E-state index is 14.4. The van der Waals surface area contributed by atoms with E-state index in [4.69, 9.17) is 42.6 Å². The number of aliphatic hydroxyl groups is 3. The van der Waals surface area contributed by atoms with Gasteiger partial charge in [-0.05, 0) is 90.8 Å². The van der Waals surface area contributed by atoms with Crippen LogP contribution in [0.15, 0.2) is 59.7 Å². The van der Waals surface area contributed by atoms with Crippen LogP contribution in [0.2, 0.25) is 0 Å². The maximum atomic E-state index is 14.4. The Labute approximate surface area is 386 Å². The van der Waals surface area contributed by atoms with Crippen molar-refractivity contribution in [3.05, 3.63) is 76.4 Å². The molecule has 362 valence electrons. The van der Waals surface area contributed by atoms with Crippen LogP contribution in [0, 0.1) is 0 Å². The van der Waals surface area contributed by atoms with Crippen molar-refractivity contribution in [1.82, 2.24) is 0 Å². The number of hydrogen-bond donors (Lipinski definition) is 4. The summed E-state index contributed by atoms with van der Waals surface area (Å²) in [4.78, 5) is 66.5. The van der Waals surface area contributed by atoms with Gasteiger partial charge < -0.3 is 63.1 Å². The van der Waals surface area contributed by atoms with Gasteiger partial charge in [0, 0.05) is 48.8 Å². The Balaban J connectivity index is 0.843. The average molecular weight is 935 g/mol. The van der Waals surface area contributed by atoms with Crippen molar-refractivity contribution in [2.24, 2.45) is 0 Å². The first kappa shape index (κ1) is 47.9. The Morgan fingerprint density at radius 1 is 0.701 bits per heavy atom. The largest absolute Gasteiger partial charge is 0.507 e. The lowest BCUT2D eigenvalue weighted by Crippen LogP contribution is -2.69. The summed E-state index contributed by atoms with van der Waals surface area (Å²) in [5.41, 5.74) is -8.05. The second kappa shape index (κ2) is 18.0. The van der Waals surface area contributed by atoms with Crippen molar-refractivity contribution in [1.29, 1.82) is 0 Å². The molecule has 0 spiro atoms. The number of benzene rings is 1. The quantitative estimate of drug-likeness (QED) is 0.277. The molecule has 1 aromatic rings. The van der Waals surface area contributed by atoms with Gasteiger partial charge >= 0.3 is 0 Å². The molecule has 3 saturated heterocycles. The first-order valence-electron chi connectivity index (χ1n) is 23.1. The second-order valence-electron chi connectivity index (χ2n) is 19.3. The molecule has 0 aromatic heterocycles. The van der Waals surface area contributed by atoms with E-state index in [9.17, 15) is 44.4 Å². The molecular weight excluding hydrogens is 877 g/mol. The standard InChI is InChI=1S/C49H58O18/c1-22-30(50)9-13-37(60-22)64-33-11-15-39(62-24(33)3)66-46-26(5)59-35(19-32(46)52)27-7-8-28-41(43(27)54)44(55)29-17-18-48(57)21-47(6,20-36(53)49(48,58)42(29)45(28)56)67-40-16-12-34(25(4)63-40)65-38-14-10-31(51)23(2)61-38/h7-10,13-14,17-18,22-26,32-35,37-40,46,52,54,57-58H,11-12,15-16,19-21H2,1-6H3/t22-,23-,24-,25-,26+,32+,33-,34-,35+,37+,38+,39-,40-,46+,47-,48-,49-/m0/s1. The number of aromatic hydroxyl groups is 1. The van der Waals surface area contributed by atoms with E-state index in [1.807, 2.05) is 6.92 Å². The highest BCUT2D eigenvalue weighted by atomic mass is 16.7. The first-order chi connectivity index (χ1) is 31.7. The highest BCUT2D eigenvalue weighted by Gasteiger charge is 2.67. The fourth-order valence-corrected chi connectivity index (χ4v) is 10.7. The summed E-state index contributed by atoms with van der Waals surface area (Å²) < 4.78 is 54.4. The normalized spacial score (nSPS) is 43.3. The number of aliphatic hydroxyl groups excluding tert-OH is 1. The Morgan fingerprint density at radius 2 is 1.30 bits per heavy atom. The van der Waals surface area contributed by atoms with Gasteiger partial charge in [-0.2, -0.15) is 0 Å². The van der Waals surface area contributed by atoms with Crippen LogP contribution >= 0.6 is 0 Å². The summed E-state index contributed by atoms with van der Waals surface area (Å²) in [6, 6.07) is 2.70. The molecule has 1 aromatic carbocycles. The zero-order chi connectivity index (χ0) is 47.9. The zero-order valence-corrected chi connectivity index (χ0v) is 38.2. The molecule has 18 heteroatoms. The predicted molar refractivity (Wildman–Crippen MR) is 229 cm³/mol. The van der Waals surface area contributed by atoms with Crippen molar-refractivity contribution >= 4 is 28.9 Å². The van der Waals surface area contributed by atoms with Gasteiger partial charge in [0.25, 0.3) is 0 Å². The number of phenolic OH excluding ortho intramolecular Hbond substituents is 1. The molecule has 3 aliphatic carbocycles. The number of fused-ring (bicyclic) bond motifs is 3. The molecule has 0 unspecified atom stereocenters. The van der Waals surface area contributed by atoms with Crippen molar-refractivity contribution < 1.29 is 87.0 Å². The fraction of sp³-hybridized carbons (Fsp3) is 0.612. The van der Waals surface area contributed by atoms with Gasteiger partial charge in [0.2, 0.25) is 0 Å². The summed E-state index contributed by atoms with van der Waals surface area (Å²) in [7, 11) is 0. The number of carbonyl (C=O) groups is 5. The summed E-state index contributed by atoms with van der Waals surface area (Å²) in [6.45, 7) is 10.2. The van der Waals surface area contributed by atoms with Gasteiger partial charge in [-0.15, -0.1) is 0 Å². The summed E-state index contributed by atoms with van der Waals surface area (Å²) in [5.74, 6) is -3.57. The SMILES string of the molecule is C[C@@H]1O[C@H](O[C@H]2CC[C@H](O[C@H]3[C@H](O)C[C@H](c4ccc5c(c4O)C(=O)C4=C(C5=O)[C@@]5(O)C(=O)C[C@](C)(O[C@H]6CC[C@H](O[C@@H]7C=CC(=O)[C@H](C)O7)[C@H](C)O6)C[C@@]5(O)C=C4)O[C@@H]3C)O[C@H]2C)C=CC1=O. The number of Topliss-reactive ketones (excluding diaryl/α,β-unsaturated/α-hetero) is 3. The number of ether oxygens (including phenoxy) is 9. The summed E-state index contributed by atoms with van der Waals surface area (Å²) in [5, 5.41) is 47.6. The molecule has 0 radical (unpaired) electrons. The van der Waals surface area contributed by atoms with Crippen molar-refractivity contribution in [2.45, 2.75) is 189 Å². The van der Waals surface area contributed by atoms with Crippen LogP contribution in [0.3, 0.4) is 0 Å². The van der Waals surface area contributed by atoms with E-state index in [0.717, 1.165) is 6.08 Å². The van der Waals surface area contributed by atoms with Crippen molar-refractivity contribution in [3.8, 4) is 5.75 Å². The predicted octanol–water partition coefficient (Wildman–Crippen LogP) is 3.39. The minimum Gasteiger partial charge on any atom is -0.507 e. The molecule has 5 heterocycles. The monoisotopic (exact) mass is 934 g/mol. The van der Waals surface area contributed by atoms with Crippen LogP contribution in [0.1, 0.15) is 119 Å². The van der Waals surface area contributed by atoms with Crippen LogP contribution in [-0.4, -0.2) is 146 Å². The topological polar surface area (TPSA) is 249 Å². The maximum Gasteiger partial charge on any atom is 0.198 e. The number of hydrogen-bond acceptors (Lipinski definition) is 18. The molecule has 5 aliphatic heterocycles. The summed E-state index contributed by atoms with van der Waals surface area (Å²) in [6.07, 6.45) is -0.115. The number of rotatable bonds is 9. The van der Waals surface area contributed by atoms with E-state index in [2.05, 4.69) is 0 Å². The number of phenols is 1. The highest BCUT2D eigenvalue weighted by Crippen LogP contribution is 2.53. The molecule has 18 nitrogen and oxygen atoms in total. The third kappa shape index (κ3) is 8.67. The number of allylic oxidation sites excluding steroid dienone is 2. The van der Waals surface area contributed by atoms with E-state index in [1.165, 1.54) is 30.4 Å². The van der Waals surface area contributed by atoms with E-state index in [0.29, 0.717) is 25.7 Å².